The van der Waals surface area contributed by atoms with E-state index in [1.165, 1.54) is 10.8 Å². The van der Waals surface area contributed by atoms with Crippen LogP contribution in [0.15, 0.2) is 66.7 Å². The van der Waals surface area contributed by atoms with E-state index in [9.17, 15) is 0 Å². The number of rotatable bonds is 1. The van der Waals surface area contributed by atoms with Gasteiger partial charge in [0, 0.05) is 5.69 Å². The van der Waals surface area contributed by atoms with Crippen molar-refractivity contribution in [3.05, 3.63) is 77.9 Å². The Labute approximate surface area is 146 Å². The van der Waals surface area contributed by atoms with Crippen molar-refractivity contribution in [3.8, 4) is 11.3 Å². The van der Waals surface area contributed by atoms with Gasteiger partial charge in [0.25, 0.3) is 0 Å². The zero-order chi connectivity index (χ0) is 14.2. The molecular formula is C19H11ClLiN. The Morgan fingerprint density at radius 2 is 1.45 bits per heavy atom. The molecule has 4 rings (SSSR count). The molecule has 0 amide bonds. The maximum absolute atomic E-state index is 6.16. The molecule has 0 spiro atoms. The quantitative estimate of drug-likeness (QED) is 0.299. The Morgan fingerprint density at radius 1 is 0.773 bits per heavy atom. The second-order valence-corrected chi connectivity index (χ2v) is 5.31. The monoisotopic (exact) mass is 295 g/mol. The molecule has 22 heavy (non-hydrogen) atoms. The SMILES string of the molecule is Clc1[c-]c2ccccc2c(-c2cccc3ccccc23)n1.[Li+]. The fourth-order valence-corrected chi connectivity index (χ4v) is 2.92. The van der Waals surface area contributed by atoms with Crippen molar-refractivity contribution < 1.29 is 18.9 Å². The van der Waals surface area contributed by atoms with Crippen molar-refractivity contribution >= 4 is 33.1 Å². The van der Waals surface area contributed by atoms with Crippen molar-refractivity contribution in [2.75, 3.05) is 0 Å². The van der Waals surface area contributed by atoms with Crippen molar-refractivity contribution in [1.29, 1.82) is 0 Å². The third-order valence-corrected chi connectivity index (χ3v) is 3.85. The predicted molar refractivity (Wildman–Crippen MR) is 88.5 cm³/mol. The molecule has 100 valence electrons. The minimum Gasteiger partial charge on any atom is -0.263 e. The molecule has 0 radical (unpaired) electrons. The molecule has 0 saturated heterocycles. The molecule has 3 heteroatoms. The molecule has 0 atom stereocenters. The molecule has 0 fully saturated rings. The molecule has 3 aromatic carbocycles. The number of benzene rings is 3. The number of aromatic nitrogens is 1. The first-order valence-electron chi connectivity index (χ1n) is 6.78. The predicted octanol–water partition coefficient (Wildman–Crippen LogP) is 2.51. The molecule has 0 unspecified atom stereocenters. The van der Waals surface area contributed by atoms with Crippen molar-refractivity contribution in [1.82, 2.24) is 4.98 Å². The largest absolute Gasteiger partial charge is 1.00 e. The van der Waals surface area contributed by atoms with Gasteiger partial charge in [0.05, 0.1) is 5.15 Å². The molecule has 1 nitrogen and oxygen atoms in total. The molecule has 0 bridgehead atoms. The Morgan fingerprint density at radius 3 is 2.32 bits per heavy atom. The number of pyridine rings is 1. The summed E-state index contributed by atoms with van der Waals surface area (Å²) < 4.78 is 0. The van der Waals surface area contributed by atoms with Crippen molar-refractivity contribution in [2.24, 2.45) is 0 Å². The number of hydrogen-bond donors (Lipinski definition) is 0. The van der Waals surface area contributed by atoms with E-state index in [1.54, 1.807) is 0 Å². The van der Waals surface area contributed by atoms with Gasteiger partial charge in [-0.1, -0.05) is 60.1 Å². The van der Waals surface area contributed by atoms with E-state index in [0.717, 1.165) is 22.0 Å². The normalized spacial score (nSPS) is 10.6. The number of nitrogens with zero attached hydrogens (tertiary/aromatic N) is 1. The van der Waals surface area contributed by atoms with Gasteiger partial charge in [-0.2, -0.15) is 11.5 Å². The van der Waals surface area contributed by atoms with Gasteiger partial charge in [-0.05, 0) is 16.3 Å². The van der Waals surface area contributed by atoms with Crippen LogP contribution in [0.2, 0.25) is 5.15 Å². The van der Waals surface area contributed by atoms with Crippen LogP contribution >= 0.6 is 11.6 Å². The van der Waals surface area contributed by atoms with E-state index < -0.39 is 0 Å². The maximum atomic E-state index is 6.16. The Balaban J connectivity index is 0.00000144. The smallest absolute Gasteiger partial charge is 0.263 e. The first kappa shape index (κ1) is 15.1. The van der Waals surface area contributed by atoms with Gasteiger partial charge in [0.2, 0.25) is 0 Å². The number of fused-ring (bicyclic) bond motifs is 2. The average molecular weight is 296 g/mol. The second kappa shape index (κ2) is 6.14. The van der Waals surface area contributed by atoms with Crippen LogP contribution in [-0.4, -0.2) is 4.98 Å². The average Bonchev–Trinajstić information content (AvgIpc) is 2.53. The van der Waals surface area contributed by atoms with Crippen LogP contribution in [0.1, 0.15) is 0 Å². The molecule has 1 heterocycles. The third kappa shape index (κ3) is 2.53. The maximum Gasteiger partial charge on any atom is 1.00 e. The van der Waals surface area contributed by atoms with E-state index in [0.29, 0.717) is 5.15 Å². The Hall–Kier alpha value is -1.78. The van der Waals surface area contributed by atoms with E-state index in [-0.39, 0.29) is 18.9 Å². The van der Waals surface area contributed by atoms with E-state index in [2.05, 4.69) is 47.4 Å². The van der Waals surface area contributed by atoms with Crippen molar-refractivity contribution in [2.45, 2.75) is 0 Å². The Bertz CT molecular complexity index is 960. The van der Waals surface area contributed by atoms with Crippen LogP contribution in [0.25, 0.3) is 32.8 Å². The summed E-state index contributed by atoms with van der Waals surface area (Å²) in [6, 6.07) is 25.7. The van der Waals surface area contributed by atoms with Gasteiger partial charge in [0.1, 0.15) is 0 Å². The van der Waals surface area contributed by atoms with E-state index in [4.69, 9.17) is 11.6 Å². The summed E-state index contributed by atoms with van der Waals surface area (Å²) >= 11 is 6.16. The van der Waals surface area contributed by atoms with Crippen LogP contribution in [-0.2, 0) is 0 Å². The van der Waals surface area contributed by atoms with Gasteiger partial charge >= 0.3 is 18.9 Å². The zero-order valence-corrected chi connectivity index (χ0v) is 12.9. The molecule has 0 saturated carbocycles. The molecule has 0 N–H and O–H groups in total. The van der Waals surface area contributed by atoms with Crippen LogP contribution in [0.4, 0.5) is 0 Å². The van der Waals surface area contributed by atoms with Gasteiger partial charge < -0.3 is 0 Å². The third-order valence-electron chi connectivity index (χ3n) is 3.67. The fourth-order valence-electron chi connectivity index (χ4n) is 2.73. The van der Waals surface area contributed by atoms with Crippen LogP contribution < -0.4 is 18.9 Å². The molecule has 4 aromatic rings. The van der Waals surface area contributed by atoms with Gasteiger partial charge in [-0.3, -0.25) is 4.98 Å². The number of halogens is 1. The summed E-state index contributed by atoms with van der Waals surface area (Å²) in [5.41, 5.74) is 2.01. The molecular weight excluding hydrogens is 285 g/mol. The summed E-state index contributed by atoms with van der Waals surface area (Å²) in [5, 5.41) is 4.83. The van der Waals surface area contributed by atoms with Crippen LogP contribution in [0.3, 0.4) is 0 Å². The zero-order valence-electron chi connectivity index (χ0n) is 12.2. The first-order chi connectivity index (χ1) is 10.3. The summed E-state index contributed by atoms with van der Waals surface area (Å²) in [5.74, 6) is 0. The minimum absolute atomic E-state index is 0. The topological polar surface area (TPSA) is 12.9 Å². The Kier molecular flexibility index (Phi) is 4.22. The second-order valence-electron chi connectivity index (χ2n) is 4.95. The summed E-state index contributed by atoms with van der Waals surface area (Å²) in [7, 11) is 0. The van der Waals surface area contributed by atoms with Gasteiger partial charge in [0.15, 0.2) is 0 Å². The first-order valence-corrected chi connectivity index (χ1v) is 7.16. The molecule has 0 aliphatic carbocycles. The minimum atomic E-state index is 0. The van der Waals surface area contributed by atoms with E-state index >= 15 is 0 Å². The summed E-state index contributed by atoms with van der Waals surface area (Å²) in [4.78, 5) is 4.53. The van der Waals surface area contributed by atoms with Crippen LogP contribution in [0, 0.1) is 6.07 Å². The van der Waals surface area contributed by atoms with E-state index in [1.807, 2.05) is 30.3 Å². The van der Waals surface area contributed by atoms with Gasteiger partial charge in [-0.15, -0.1) is 23.6 Å². The summed E-state index contributed by atoms with van der Waals surface area (Å²) in [6.07, 6.45) is 0. The van der Waals surface area contributed by atoms with Crippen LogP contribution in [0.5, 0.6) is 0 Å². The molecule has 0 aliphatic rings. The molecule has 1 aromatic heterocycles. The number of hydrogen-bond acceptors (Lipinski definition) is 1. The molecule has 0 aliphatic heterocycles. The fraction of sp³-hybridized carbons (Fsp3) is 0. The summed E-state index contributed by atoms with van der Waals surface area (Å²) in [6.45, 7) is 0. The van der Waals surface area contributed by atoms with Gasteiger partial charge in [-0.25, -0.2) is 0 Å². The standard InChI is InChI=1S/C19H11ClN.Li/c20-18-12-14-7-2-4-10-16(14)19(21-18)17-11-5-8-13-6-1-3-9-15(13)17;/h1-11H;/q-1;+1. The van der Waals surface area contributed by atoms with Crippen molar-refractivity contribution in [3.63, 3.8) is 0 Å².